The van der Waals surface area contributed by atoms with Gasteiger partial charge in [0.05, 0.1) is 17.4 Å². The highest BCUT2D eigenvalue weighted by Gasteiger charge is 2.30. The van der Waals surface area contributed by atoms with Gasteiger partial charge in [-0.3, -0.25) is 9.78 Å². The van der Waals surface area contributed by atoms with Gasteiger partial charge in [-0.15, -0.1) is 11.8 Å². The van der Waals surface area contributed by atoms with Crippen LogP contribution in [-0.2, 0) is 4.79 Å². The smallest absolute Gasteiger partial charge is 0.319 e. The second kappa shape index (κ2) is 6.63. The number of aliphatic carboxylic acids is 1. The zero-order valence-electron chi connectivity index (χ0n) is 16.4. The van der Waals surface area contributed by atoms with E-state index < -0.39 is 10.7 Å². The highest BCUT2D eigenvalue weighted by Crippen LogP contribution is 2.45. The molecule has 2 aromatic heterocycles. The van der Waals surface area contributed by atoms with Crippen LogP contribution in [-0.4, -0.2) is 25.4 Å². The Hall–Kier alpha value is -2.79. The van der Waals surface area contributed by atoms with E-state index in [1.54, 1.807) is 20.0 Å². The van der Waals surface area contributed by atoms with Gasteiger partial charge in [0.15, 0.2) is 0 Å². The van der Waals surface area contributed by atoms with Gasteiger partial charge in [0.25, 0.3) is 0 Å². The summed E-state index contributed by atoms with van der Waals surface area (Å²) in [4.78, 5) is 17.0. The number of rotatable bonds is 5. The van der Waals surface area contributed by atoms with Crippen LogP contribution in [0.4, 0.5) is 0 Å². The van der Waals surface area contributed by atoms with E-state index in [1.165, 1.54) is 40.9 Å². The molecule has 0 radical (unpaired) electrons. The minimum absolute atomic E-state index is 0.680. The van der Waals surface area contributed by atoms with Crippen molar-refractivity contribution in [1.29, 1.82) is 0 Å². The molecule has 0 bridgehead atoms. The van der Waals surface area contributed by atoms with Crippen LogP contribution >= 0.6 is 11.8 Å². The number of carbonyl (C=O) groups is 1. The summed E-state index contributed by atoms with van der Waals surface area (Å²) in [5, 5.41) is 13.1. The first kappa shape index (κ1) is 18.3. The van der Waals surface area contributed by atoms with Gasteiger partial charge in [0, 0.05) is 28.1 Å². The van der Waals surface area contributed by atoms with Gasteiger partial charge < -0.3 is 9.67 Å². The molecule has 0 spiro atoms. The van der Waals surface area contributed by atoms with E-state index in [0.717, 1.165) is 21.5 Å². The van der Waals surface area contributed by atoms with Gasteiger partial charge >= 0.3 is 5.97 Å². The van der Waals surface area contributed by atoms with Crippen molar-refractivity contribution >= 4 is 39.4 Å². The largest absolute Gasteiger partial charge is 0.480 e. The lowest BCUT2D eigenvalue weighted by atomic mass is 9.99. The fraction of sp³-hybridized carbons (Fsp3) is 0.250. The van der Waals surface area contributed by atoms with Gasteiger partial charge in [-0.25, -0.2) is 0 Å². The van der Waals surface area contributed by atoms with Gasteiger partial charge in [0.2, 0.25) is 0 Å². The molecule has 1 fully saturated rings. The monoisotopic (exact) mass is 402 g/mol. The second-order valence-corrected chi connectivity index (χ2v) is 9.83. The van der Waals surface area contributed by atoms with Crippen molar-refractivity contribution in [1.82, 2.24) is 9.55 Å². The Morgan fingerprint density at radius 3 is 2.59 bits per heavy atom. The molecular formula is C24H22N2O2S. The van der Waals surface area contributed by atoms with Crippen LogP contribution in [0.15, 0.2) is 66.0 Å². The summed E-state index contributed by atoms with van der Waals surface area (Å²) < 4.78 is 1.24. The van der Waals surface area contributed by atoms with E-state index in [4.69, 9.17) is 0 Å². The number of pyridine rings is 1. The van der Waals surface area contributed by atoms with Crippen LogP contribution in [0.5, 0.6) is 0 Å². The maximum absolute atomic E-state index is 11.7. The number of hydrogen-bond acceptors (Lipinski definition) is 3. The fourth-order valence-electron chi connectivity index (χ4n) is 3.91. The predicted octanol–water partition coefficient (Wildman–Crippen LogP) is 6.01. The van der Waals surface area contributed by atoms with Crippen molar-refractivity contribution in [2.75, 3.05) is 0 Å². The minimum atomic E-state index is -0.916. The maximum Gasteiger partial charge on any atom is 0.319 e. The first-order chi connectivity index (χ1) is 14.0. The molecule has 4 nitrogen and oxygen atoms in total. The molecule has 0 saturated heterocycles. The fourth-order valence-corrected chi connectivity index (χ4v) is 4.99. The number of fused-ring (bicyclic) bond motifs is 2. The highest BCUT2D eigenvalue weighted by atomic mass is 32.2. The van der Waals surface area contributed by atoms with Crippen molar-refractivity contribution in [3.05, 3.63) is 66.6 Å². The molecule has 146 valence electrons. The lowest BCUT2D eigenvalue weighted by molar-refractivity contribution is -0.138. The molecule has 1 aliphatic carbocycles. The molecule has 0 amide bonds. The van der Waals surface area contributed by atoms with Crippen molar-refractivity contribution < 1.29 is 9.90 Å². The molecular weight excluding hydrogens is 380 g/mol. The molecule has 29 heavy (non-hydrogen) atoms. The third-order valence-corrected chi connectivity index (χ3v) is 6.89. The number of aromatic nitrogens is 2. The molecule has 4 aromatic rings. The number of thioether (sulfide) groups is 1. The van der Waals surface area contributed by atoms with Gasteiger partial charge in [0.1, 0.15) is 4.75 Å². The van der Waals surface area contributed by atoms with Crippen LogP contribution in [0, 0.1) is 0 Å². The summed E-state index contributed by atoms with van der Waals surface area (Å²) in [5.41, 5.74) is 3.52. The lowest BCUT2D eigenvalue weighted by Crippen LogP contribution is -2.26. The third kappa shape index (κ3) is 3.10. The molecule has 1 saturated carbocycles. The van der Waals surface area contributed by atoms with E-state index >= 15 is 0 Å². The number of carboxylic acids is 1. The number of hydrogen-bond donors (Lipinski definition) is 1. The molecule has 2 aromatic carbocycles. The molecule has 5 heteroatoms. The summed E-state index contributed by atoms with van der Waals surface area (Å²) in [6.07, 6.45) is 8.21. The standard InChI is InChI=1S/C24H22N2O2S/c1-24(2,23(27)28)29-22-14-26(21-13-25-12-11-19(21)22)20-10-9-16(15-7-8-15)17-5-3-4-6-18(17)20/h3-6,9-15H,7-8H2,1-2H3,(H,27,28). The first-order valence-electron chi connectivity index (χ1n) is 9.85. The van der Waals surface area contributed by atoms with Crippen molar-refractivity contribution in [2.24, 2.45) is 0 Å². The number of nitrogens with zero attached hydrogens (tertiary/aromatic N) is 2. The maximum atomic E-state index is 11.7. The molecule has 0 unspecified atom stereocenters. The van der Waals surface area contributed by atoms with Crippen LogP contribution < -0.4 is 0 Å². The second-order valence-electron chi connectivity index (χ2n) is 8.17. The van der Waals surface area contributed by atoms with Gasteiger partial charge in [-0.2, -0.15) is 0 Å². The SMILES string of the molecule is CC(C)(Sc1cn(-c2ccc(C3CC3)c3ccccc23)c2cnccc12)C(=O)O. The predicted molar refractivity (Wildman–Crippen MR) is 118 cm³/mol. The molecule has 1 N–H and O–H groups in total. The summed E-state index contributed by atoms with van der Waals surface area (Å²) >= 11 is 1.37. The quantitative estimate of drug-likeness (QED) is 0.415. The summed E-state index contributed by atoms with van der Waals surface area (Å²) in [6, 6.07) is 15.0. The topological polar surface area (TPSA) is 55.1 Å². The van der Waals surface area contributed by atoms with E-state index in [9.17, 15) is 9.90 Å². The van der Waals surface area contributed by atoms with Crippen molar-refractivity contribution in [3.8, 4) is 5.69 Å². The van der Waals surface area contributed by atoms with E-state index in [-0.39, 0.29) is 0 Å². The first-order valence-corrected chi connectivity index (χ1v) is 10.7. The molecule has 0 aliphatic heterocycles. The van der Waals surface area contributed by atoms with E-state index in [1.807, 2.05) is 12.3 Å². The summed E-state index contributed by atoms with van der Waals surface area (Å²) in [7, 11) is 0. The summed E-state index contributed by atoms with van der Waals surface area (Å²) in [6.45, 7) is 3.48. The average molecular weight is 403 g/mol. The van der Waals surface area contributed by atoms with E-state index in [0.29, 0.717) is 5.92 Å². The van der Waals surface area contributed by atoms with Crippen LogP contribution in [0.2, 0.25) is 0 Å². The Morgan fingerprint density at radius 1 is 1.10 bits per heavy atom. The average Bonchev–Trinajstić information content (AvgIpc) is 3.50. The number of benzene rings is 2. The Kier molecular flexibility index (Phi) is 4.17. The zero-order valence-corrected chi connectivity index (χ0v) is 17.2. The van der Waals surface area contributed by atoms with Crippen LogP contribution in [0.1, 0.15) is 38.2 Å². The Labute approximate surface area is 173 Å². The molecule has 0 atom stereocenters. The number of carboxylic acid groups (broad SMARTS) is 1. The zero-order chi connectivity index (χ0) is 20.2. The Balaban J connectivity index is 1.72. The molecule has 5 rings (SSSR count). The minimum Gasteiger partial charge on any atom is -0.480 e. The van der Waals surface area contributed by atoms with Gasteiger partial charge in [-0.1, -0.05) is 30.3 Å². The normalized spacial score (nSPS) is 14.6. The molecule has 1 aliphatic rings. The van der Waals surface area contributed by atoms with E-state index in [2.05, 4.69) is 52.1 Å². The molecule has 2 heterocycles. The van der Waals surface area contributed by atoms with Crippen LogP contribution in [0.25, 0.3) is 27.4 Å². The van der Waals surface area contributed by atoms with Crippen molar-refractivity contribution in [3.63, 3.8) is 0 Å². The Morgan fingerprint density at radius 2 is 1.86 bits per heavy atom. The Bertz CT molecular complexity index is 1250. The van der Waals surface area contributed by atoms with Gasteiger partial charge in [-0.05, 0) is 55.7 Å². The van der Waals surface area contributed by atoms with Crippen LogP contribution in [0.3, 0.4) is 0 Å². The highest BCUT2D eigenvalue weighted by molar-refractivity contribution is 8.01. The lowest BCUT2D eigenvalue weighted by Gasteiger charge is -2.17. The van der Waals surface area contributed by atoms with Crippen molar-refractivity contribution in [2.45, 2.75) is 42.2 Å². The summed E-state index contributed by atoms with van der Waals surface area (Å²) in [5.74, 6) is -0.142. The third-order valence-electron chi connectivity index (χ3n) is 5.66.